The van der Waals surface area contributed by atoms with Crippen LogP contribution in [0.4, 0.5) is 5.69 Å². The lowest BCUT2D eigenvalue weighted by Gasteiger charge is -2.19. The number of sulfonamides is 1. The van der Waals surface area contributed by atoms with E-state index in [0.29, 0.717) is 11.3 Å². The van der Waals surface area contributed by atoms with E-state index >= 15 is 0 Å². The maximum Gasteiger partial charge on any atom is 0.275 e. The monoisotopic (exact) mass is 365 g/mol. The highest BCUT2D eigenvalue weighted by molar-refractivity contribution is 7.93. The lowest BCUT2D eigenvalue weighted by Crippen LogP contribution is -2.26. The minimum absolute atomic E-state index is 0.159. The molecule has 3 nitrogen and oxygen atoms in total. The standard InChI is InChI=1S/C22H23NO2S/c1-4-6-7-8-9-12-20-13-10-11-14-22(20)23(5-2)26(24,25)21-17-15-19(3)16-18-21/h2,10-11,13-18H,4,6-8H2,1,3H3. The Labute approximate surface area is 157 Å². The lowest BCUT2D eigenvalue weighted by molar-refractivity contribution is 0.596. The molecule has 0 radical (unpaired) electrons. The van der Waals surface area contributed by atoms with Gasteiger partial charge in [0.1, 0.15) is 0 Å². The van der Waals surface area contributed by atoms with E-state index in [2.05, 4.69) is 24.8 Å². The van der Waals surface area contributed by atoms with E-state index in [1.54, 1.807) is 42.5 Å². The number of unbranched alkanes of at least 4 members (excludes halogenated alkanes) is 3. The van der Waals surface area contributed by atoms with Crippen LogP contribution < -0.4 is 4.31 Å². The van der Waals surface area contributed by atoms with Crippen molar-refractivity contribution in [3.8, 4) is 24.3 Å². The molecule has 0 bridgehead atoms. The second-order valence-corrected chi connectivity index (χ2v) is 7.77. The average Bonchev–Trinajstić information content (AvgIpc) is 2.63. The summed E-state index contributed by atoms with van der Waals surface area (Å²) in [6, 6.07) is 16.0. The van der Waals surface area contributed by atoms with Gasteiger partial charge in [-0.25, -0.2) is 8.42 Å². The third-order valence-electron chi connectivity index (χ3n) is 3.93. The molecule has 0 aliphatic heterocycles. The topological polar surface area (TPSA) is 37.4 Å². The maximum atomic E-state index is 13.0. The molecule has 0 aliphatic rings. The van der Waals surface area contributed by atoms with Crippen molar-refractivity contribution in [2.75, 3.05) is 4.31 Å². The number of para-hydroxylation sites is 1. The molecule has 0 aliphatic carbocycles. The van der Waals surface area contributed by atoms with Crippen molar-refractivity contribution in [1.29, 1.82) is 0 Å². The summed E-state index contributed by atoms with van der Waals surface area (Å²) >= 11 is 0. The molecule has 2 aromatic rings. The minimum Gasteiger partial charge on any atom is -0.200 e. The molecule has 0 saturated heterocycles. The normalized spacial score (nSPS) is 10.5. The van der Waals surface area contributed by atoms with Crippen molar-refractivity contribution >= 4 is 15.7 Å². The summed E-state index contributed by atoms with van der Waals surface area (Å²) in [5.74, 6) is 6.18. The predicted molar refractivity (Wildman–Crippen MR) is 107 cm³/mol. The third kappa shape index (κ3) is 4.69. The van der Waals surface area contributed by atoms with Crippen LogP contribution in [0, 0.1) is 31.2 Å². The van der Waals surface area contributed by atoms with Gasteiger partial charge in [0.05, 0.1) is 16.1 Å². The van der Waals surface area contributed by atoms with Crippen LogP contribution >= 0.6 is 0 Å². The molecule has 0 heterocycles. The Morgan fingerprint density at radius 1 is 1.04 bits per heavy atom. The van der Waals surface area contributed by atoms with Gasteiger partial charge in [-0.2, -0.15) is 4.31 Å². The largest absolute Gasteiger partial charge is 0.275 e. The Bertz CT molecular complexity index is 942. The van der Waals surface area contributed by atoms with E-state index in [0.717, 1.165) is 35.6 Å². The fraction of sp³-hybridized carbons (Fsp3) is 0.273. The van der Waals surface area contributed by atoms with Crippen LogP contribution in [0.2, 0.25) is 0 Å². The molecule has 0 atom stereocenters. The molecular formula is C22H23NO2S. The molecule has 2 rings (SSSR count). The molecule has 0 saturated carbocycles. The highest BCUT2D eigenvalue weighted by Crippen LogP contribution is 2.26. The molecule has 0 amide bonds. The summed E-state index contributed by atoms with van der Waals surface area (Å²) in [5.41, 5.74) is 1.99. The Morgan fingerprint density at radius 2 is 1.73 bits per heavy atom. The summed E-state index contributed by atoms with van der Waals surface area (Å²) < 4.78 is 26.9. The number of anilines is 1. The van der Waals surface area contributed by atoms with Gasteiger partial charge < -0.3 is 0 Å². The van der Waals surface area contributed by atoms with E-state index in [1.807, 2.05) is 13.0 Å². The molecule has 134 valence electrons. The minimum atomic E-state index is -3.85. The van der Waals surface area contributed by atoms with Gasteiger partial charge in [0.2, 0.25) is 0 Å². The van der Waals surface area contributed by atoms with E-state index in [9.17, 15) is 8.42 Å². The van der Waals surface area contributed by atoms with Crippen molar-refractivity contribution < 1.29 is 8.42 Å². The van der Waals surface area contributed by atoms with Crippen molar-refractivity contribution in [1.82, 2.24) is 0 Å². The summed E-state index contributed by atoms with van der Waals surface area (Å²) in [6.07, 6.45) is 9.65. The van der Waals surface area contributed by atoms with Crippen molar-refractivity contribution in [3.05, 3.63) is 59.7 Å². The van der Waals surface area contributed by atoms with Gasteiger partial charge in [-0.3, -0.25) is 0 Å². The number of benzene rings is 2. The van der Waals surface area contributed by atoms with Gasteiger partial charge in [0.25, 0.3) is 10.0 Å². The molecule has 2 aromatic carbocycles. The van der Waals surface area contributed by atoms with Gasteiger partial charge >= 0.3 is 0 Å². The van der Waals surface area contributed by atoms with Crippen LogP contribution in [0.3, 0.4) is 0 Å². The fourth-order valence-electron chi connectivity index (χ4n) is 2.46. The van der Waals surface area contributed by atoms with E-state index < -0.39 is 10.0 Å². The summed E-state index contributed by atoms with van der Waals surface area (Å²) in [6.45, 7) is 4.04. The van der Waals surface area contributed by atoms with Gasteiger partial charge in [-0.1, -0.05) is 67.9 Å². The quantitative estimate of drug-likeness (QED) is 0.422. The first-order valence-corrected chi connectivity index (χ1v) is 10.1. The van der Waals surface area contributed by atoms with Gasteiger partial charge in [-0.05, 0) is 37.6 Å². The highest BCUT2D eigenvalue weighted by Gasteiger charge is 2.25. The van der Waals surface area contributed by atoms with E-state index in [1.165, 1.54) is 0 Å². The highest BCUT2D eigenvalue weighted by atomic mass is 32.2. The number of nitrogens with zero attached hydrogens (tertiary/aromatic N) is 1. The van der Waals surface area contributed by atoms with Crippen molar-refractivity contribution in [2.24, 2.45) is 0 Å². The predicted octanol–water partition coefficient (Wildman–Crippen LogP) is 4.71. The smallest absolute Gasteiger partial charge is 0.200 e. The zero-order chi connectivity index (χ0) is 19.0. The summed E-state index contributed by atoms with van der Waals surface area (Å²) in [5, 5.41) is 0. The Balaban J connectivity index is 2.39. The Kier molecular flexibility index (Phi) is 6.89. The van der Waals surface area contributed by atoms with Crippen LogP contribution in [-0.2, 0) is 10.0 Å². The molecule has 26 heavy (non-hydrogen) atoms. The first-order chi connectivity index (χ1) is 12.5. The summed E-state index contributed by atoms with van der Waals surface area (Å²) in [7, 11) is -3.85. The molecule has 0 fully saturated rings. The number of rotatable bonds is 6. The van der Waals surface area contributed by atoms with Crippen LogP contribution in [-0.4, -0.2) is 8.42 Å². The zero-order valence-electron chi connectivity index (χ0n) is 15.2. The van der Waals surface area contributed by atoms with E-state index in [4.69, 9.17) is 6.42 Å². The number of hydrogen-bond donors (Lipinski definition) is 0. The van der Waals surface area contributed by atoms with Crippen LogP contribution in [0.25, 0.3) is 0 Å². The zero-order valence-corrected chi connectivity index (χ0v) is 16.0. The Morgan fingerprint density at radius 3 is 2.38 bits per heavy atom. The second kappa shape index (κ2) is 9.13. The molecule has 0 unspecified atom stereocenters. The third-order valence-corrected chi connectivity index (χ3v) is 5.58. The molecule has 0 spiro atoms. The van der Waals surface area contributed by atoms with Crippen LogP contribution in [0.1, 0.15) is 43.7 Å². The molecule has 0 aromatic heterocycles. The van der Waals surface area contributed by atoms with Crippen LogP contribution in [0.15, 0.2) is 53.4 Å². The second-order valence-electron chi connectivity index (χ2n) is 5.99. The van der Waals surface area contributed by atoms with Crippen molar-refractivity contribution in [3.63, 3.8) is 0 Å². The fourth-order valence-corrected chi connectivity index (χ4v) is 3.71. The van der Waals surface area contributed by atoms with Crippen molar-refractivity contribution in [2.45, 2.75) is 44.4 Å². The van der Waals surface area contributed by atoms with Gasteiger partial charge in [-0.15, -0.1) is 0 Å². The van der Waals surface area contributed by atoms with E-state index in [-0.39, 0.29) is 4.90 Å². The number of aryl methyl sites for hydroxylation is 1. The first kappa shape index (κ1) is 19.6. The van der Waals surface area contributed by atoms with Crippen LogP contribution in [0.5, 0.6) is 0 Å². The number of terminal acetylenes is 1. The van der Waals surface area contributed by atoms with Gasteiger partial charge in [0.15, 0.2) is 0 Å². The first-order valence-electron chi connectivity index (χ1n) is 8.67. The van der Waals surface area contributed by atoms with Gasteiger partial charge in [0, 0.05) is 12.5 Å². The lowest BCUT2D eigenvalue weighted by atomic mass is 10.1. The Hall–Kier alpha value is -2.69. The molecule has 0 N–H and O–H groups in total. The summed E-state index contributed by atoms with van der Waals surface area (Å²) in [4.78, 5) is 0.159. The number of hydrogen-bond acceptors (Lipinski definition) is 2. The molecule has 4 heteroatoms. The average molecular weight is 365 g/mol. The SMILES string of the molecule is C#CN(c1ccccc1C#CCCCCC)S(=O)(=O)c1ccc(C)cc1. The maximum absolute atomic E-state index is 13.0. The molecular weight excluding hydrogens is 342 g/mol.